The lowest BCUT2D eigenvalue weighted by molar-refractivity contribution is 0.107. The second-order valence-corrected chi connectivity index (χ2v) is 6.31. The molecule has 0 aliphatic rings. The van der Waals surface area contributed by atoms with Gasteiger partial charge in [0, 0.05) is 13.3 Å². The maximum absolute atomic E-state index is 12.3. The molecule has 0 bridgehead atoms. The third-order valence-electron chi connectivity index (χ3n) is 3.64. The molecule has 1 heterocycles. The monoisotopic (exact) mass is 388 g/mol. The number of hydrazine groups is 1. The largest absolute Gasteiger partial charge is 0.441 e. The van der Waals surface area contributed by atoms with E-state index in [1.165, 1.54) is 17.0 Å². The molecule has 2 aromatic rings. The maximum Gasteiger partial charge on any atom is 0.413 e. The van der Waals surface area contributed by atoms with Crippen LogP contribution in [0.15, 0.2) is 54.5 Å². The summed E-state index contributed by atoms with van der Waals surface area (Å²) in [6.07, 6.45) is 2.46. The van der Waals surface area contributed by atoms with Crippen molar-refractivity contribution in [3.63, 3.8) is 0 Å². The molecule has 0 aliphatic heterocycles. The summed E-state index contributed by atoms with van der Waals surface area (Å²) in [5.41, 5.74) is 8.57. The predicted molar refractivity (Wildman–Crippen MR) is 109 cm³/mol. The number of carbonyl (C=O) groups is 1. The number of alkyl carbamates (subject to hydrolysis) is 1. The van der Waals surface area contributed by atoms with Gasteiger partial charge in [0.05, 0.1) is 17.6 Å². The number of ether oxygens (including phenoxy) is 1. The van der Waals surface area contributed by atoms with Crippen LogP contribution in [0.3, 0.4) is 0 Å². The molecule has 1 unspecified atom stereocenters. The highest BCUT2D eigenvalue weighted by Crippen LogP contribution is 2.18. The van der Waals surface area contributed by atoms with Gasteiger partial charge in [-0.15, -0.1) is 0 Å². The number of nitrogens with two attached hydrogens (primary N) is 2. The second-order valence-electron chi connectivity index (χ2n) is 5.69. The minimum atomic E-state index is -0.665. The first-order chi connectivity index (χ1) is 12.9. The van der Waals surface area contributed by atoms with Gasteiger partial charge in [-0.25, -0.2) is 10.6 Å². The standard InChI is InChI=1S/C18H24N6O2S/c1-12(13-7-5-4-6-8-13)26-18(25)22-17(24(2)20)16(19)15-10-9-14(11-21-15)23-27-3/h4-12,23H,19-20H2,1-3H3,(H,22,25)/b17-16-. The van der Waals surface area contributed by atoms with Gasteiger partial charge in [0.25, 0.3) is 0 Å². The topological polar surface area (TPSA) is 119 Å². The van der Waals surface area contributed by atoms with Crippen LogP contribution in [0.4, 0.5) is 10.5 Å². The molecule has 1 atom stereocenters. The van der Waals surface area contributed by atoms with Crippen molar-refractivity contribution < 1.29 is 9.53 Å². The molecule has 8 nitrogen and oxygen atoms in total. The Hall–Kier alpha value is -2.91. The number of aromatic nitrogens is 1. The molecule has 0 saturated carbocycles. The lowest BCUT2D eigenvalue weighted by atomic mass is 10.1. The molecule has 144 valence electrons. The quantitative estimate of drug-likeness (QED) is 0.325. The number of nitrogens with zero attached hydrogens (tertiary/aromatic N) is 2. The Labute approximate surface area is 163 Å². The highest BCUT2D eigenvalue weighted by atomic mass is 32.2. The Balaban J connectivity index is 2.13. The Bertz CT molecular complexity index is 780. The Kier molecular flexibility index (Phi) is 7.33. The first-order valence-corrected chi connectivity index (χ1v) is 9.41. The number of benzene rings is 1. The lowest BCUT2D eigenvalue weighted by Crippen LogP contribution is -2.39. The zero-order valence-corrected chi connectivity index (χ0v) is 16.3. The predicted octanol–water partition coefficient (Wildman–Crippen LogP) is 2.65. The van der Waals surface area contributed by atoms with Crippen LogP contribution >= 0.6 is 11.9 Å². The highest BCUT2D eigenvalue weighted by Gasteiger charge is 2.17. The summed E-state index contributed by atoms with van der Waals surface area (Å²) in [7, 11) is 1.56. The van der Waals surface area contributed by atoms with Crippen molar-refractivity contribution in [3.8, 4) is 0 Å². The van der Waals surface area contributed by atoms with Crippen molar-refractivity contribution in [2.45, 2.75) is 13.0 Å². The molecule has 0 aliphatic carbocycles. The van der Waals surface area contributed by atoms with Crippen molar-refractivity contribution in [2.75, 3.05) is 18.0 Å². The number of hydrogen-bond acceptors (Lipinski definition) is 8. The normalized spacial score (nSPS) is 12.6. The van der Waals surface area contributed by atoms with Crippen LogP contribution in [0.5, 0.6) is 0 Å². The number of hydrogen-bond donors (Lipinski definition) is 4. The molecule has 27 heavy (non-hydrogen) atoms. The van der Waals surface area contributed by atoms with Gasteiger partial charge in [-0.05, 0) is 24.6 Å². The van der Waals surface area contributed by atoms with Gasteiger partial charge in [0.2, 0.25) is 0 Å². The number of anilines is 1. The van der Waals surface area contributed by atoms with Crippen molar-refractivity contribution in [1.29, 1.82) is 0 Å². The summed E-state index contributed by atoms with van der Waals surface area (Å²) >= 11 is 1.46. The second kappa shape index (κ2) is 9.70. The first kappa shape index (κ1) is 20.4. The smallest absolute Gasteiger partial charge is 0.413 e. The molecule has 0 fully saturated rings. The summed E-state index contributed by atoms with van der Waals surface area (Å²) in [4.78, 5) is 16.6. The van der Waals surface area contributed by atoms with Crippen LogP contribution in [0.1, 0.15) is 24.3 Å². The minimum Gasteiger partial charge on any atom is -0.441 e. The number of rotatable bonds is 7. The summed E-state index contributed by atoms with van der Waals surface area (Å²) in [5, 5.41) is 3.80. The Morgan fingerprint density at radius 2 is 1.96 bits per heavy atom. The zero-order chi connectivity index (χ0) is 19.8. The van der Waals surface area contributed by atoms with E-state index in [-0.39, 0.29) is 11.5 Å². The summed E-state index contributed by atoms with van der Waals surface area (Å²) in [5.74, 6) is 6.02. The van der Waals surface area contributed by atoms with Crippen molar-refractivity contribution in [3.05, 3.63) is 65.7 Å². The average Bonchev–Trinajstić information content (AvgIpc) is 2.67. The SMILES string of the molecule is CSNc1ccc(/C(N)=C(\NC(=O)OC(C)c2ccccc2)N(C)N)nc1. The van der Waals surface area contributed by atoms with E-state index in [4.69, 9.17) is 16.3 Å². The third kappa shape index (κ3) is 5.80. The molecule has 1 aromatic heterocycles. The van der Waals surface area contributed by atoms with E-state index in [1.807, 2.05) is 42.7 Å². The van der Waals surface area contributed by atoms with Gasteiger partial charge in [-0.3, -0.25) is 15.3 Å². The van der Waals surface area contributed by atoms with Gasteiger partial charge in [-0.1, -0.05) is 42.3 Å². The molecule has 6 N–H and O–H groups in total. The van der Waals surface area contributed by atoms with E-state index in [0.29, 0.717) is 5.69 Å². The van der Waals surface area contributed by atoms with Crippen molar-refractivity contribution in [1.82, 2.24) is 15.3 Å². The van der Waals surface area contributed by atoms with Crippen molar-refractivity contribution >= 4 is 29.4 Å². The van der Waals surface area contributed by atoms with Crippen LogP contribution in [-0.4, -0.2) is 29.4 Å². The van der Waals surface area contributed by atoms with Gasteiger partial charge in [0.15, 0.2) is 5.82 Å². The first-order valence-electron chi connectivity index (χ1n) is 8.18. The van der Waals surface area contributed by atoms with Gasteiger partial charge >= 0.3 is 6.09 Å². The fourth-order valence-corrected chi connectivity index (χ4v) is 2.63. The van der Waals surface area contributed by atoms with Crippen LogP contribution in [0, 0.1) is 0 Å². The van der Waals surface area contributed by atoms with Gasteiger partial charge in [-0.2, -0.15) is 0 Å². The molecular weight excluding hydrogens is 364 g/mol. The molecule has 9 heteroatoms. The highest BCUT2D eigenvalue weighted by molar-refractivity contribution is 7.99. The summed E-state index contributed by atoms with van der Waals surface area (Å²) < 4.78 is 8.47. The third-order valence-corrected chi connectivity index (χ3v) is 4.08. The Morgan fingerprint density at radius 1 is 1.26 bits per heavy atom. The van der Waals surface area contributed by atoms with E-state index < -0.39 is 12.2 Å². The van der Waals surface area contributed by atoms with E-state index in [0.717, 1.165) is 11.3 Å². The molecular formula is C18H24N6O2S. The molecule has 0 radical (unpaired) electrons. The maximum atomic E-state index is 12.3. The van der Waals surface area contributed by atoms with E-state index in [1.54, 1.807) is 26.2 Å². The molecule has 0 spiro atoms. The van der Waals surface area contributed by atoms with Crippen LogP contribution in [-0.2, 0) is 4.74 Å². The number of nitrogens with one attached hydrogen (secondary N) is 2. The van der Waals surface area contributed by atoms with Crippen molar-refractivity contribution in [2.24, 2.45) is 11.6 Å². The van der Waals surface area contributed by atoms with E-state index >= 15 is 0 Å². The molecule has 2 rings (SSSR count). The lowest BCUT2D eigenvalue weighted by Gasteiger charge is -2.21. The Morgan fingerprint density at radius 3 is 2.52 bits per heavy atom. The number of amides is 1. The van der Waals surface area contributed by atoms with Gasteiger partial charge < -0.3 is 15.2 Å². The number of pyridine rings is 1. The van der Waals surface area contributed by atoms with Crippen LogP contribution < -0.4 is 21.6 Å². The zero-order valence-electron chi connectivity index (χ0n) is 15.5. The van der Waals surface area contributed by atoms with E-state index in [9.17, 15) is 4.79 Å². The number of carbonyl (C=O) groups excluding carboxylic acids is 1. The van der Waals surface area contributed by atoms with Gasteiger partial charge in [0.1, 0.15) is 11.8 Å². The fraction of sp³-hybridized carbons (Fsp3) is 0.222. The molecule has 1 amide bonds. The van der Waals surface area contributed by atoms with E-state index in [2.05, 4.69) is 15.0 Å². The summed E-state index contributed by atoms with van der Waals surface area (Å²) in [6.45, 7) is 1.78. The van der Waals surface area contributed by atoms with Crippen LogP contribution in [0.2, 0.25) is 0 Å². The fourth-order valence-electron chi connectivity index (χ4n) is 2.28. The minimum absolute atomic E-state index is 0.193. The summed E-state index contributed by atoms with van der Waals surface area (Å²) in [6, 6.07) is 13.0. The molecule has 0 saturated heterocycles. The molecule has 1 aromatic carbocycles. The van der Waals surface area contributed by atoms with Crippen LogP contribution in [0.25, 0.3) is 5.70 Å². The average molecular weight is 388 g/mol.